The van der Waals surface area contributed by atoms with Crippen LogP contribution in [0, 0.1) is 0 Å². The molecule has 0 spiro atoms. The lowest BCUT2D eigenvalue weighted by Gasteiger charge is -2.21. The number of carbonyl (C=O) groups excluding carboxylic acids is 1. The number of carbonyl (C=O) groups is 1. The Bertz CT molecular complexity index is 181. The minimum atomic E-state index is -0.649. The first-order valence-electron chi connectivity index (χ1n) is 5.60. The molecular weight excluding hydrogens is 194 g/mol. The van der Waals surface area contributed by atoms with Gasteiger partial charge in [0.1, 0.15) is 0 Å². The van der Waals surface area contributed by atoms with Gasteiger partial charge in [-0.15, -0.1) is 0 Å². The van der Waals surface area contributed by atoms with Crippen LogP contribution in [-0.4, -0.2) is 36.4 Å². The summed E-state index contributed by atoms with van der Waals surface area (Å²) in [6, 6.07) is 0. The molecule has 0 aromatic heterocycles. The molecule has 4 nitrogen and oxygen atoms in total. The van der Waals surface area contributed by atoms with E-state index in [1.807, 2.05) is 6.92 Å². The molecule has 0 radical (unpaired) electrons. The van der Waals surface area contributed by atoms with Crippen LogP contribution in [0.3, 0.4) is 0 Å². The topological polar surface area (TPSA) is 58.6 Å². The fraction of sp³-hybridized carbons (Fsp3) is 0.909. The molecule has 0 aromatic carbocycles. The third kappa shape index (κ3) is 8.39. The van der Waals surface area contributed by atoms with Crippen LogP contribution in [0.5, 0.6) is 0 Å². The van der Waals surface area contributed by atoms with Gasteiger partial charge in [-0.2, -0.15) is 0 Å². The summed E-state index contributed by atoms with van der Waals surface area (Å²) in [5.74, 6) is -0.151. The maximum Gasteiger partial charge on any atom is 0.305 e. The van der Waals surface area contributed by atoms with E-state index in [0.717, 1.165) is 19.4 Å². The Balaban J connectivity index is 3.36. The van der Waals surface area contributed by atoms with Crippen LogP contribution in [0.1, 0.15) is 40.0 Å². The average Bonchev–Trinajstić information content (AvgIpc) is 2.17. The maximum atomic E-state index is 11.0. The maximum absolute atomic E-state index is 11.0. The molecule has 15 heavy (non-hydrogen) atoms. The Labute approximate surface area is 92.0 Å². The molecule has 0 rings (SSSR count). The molecule has 90 valence electrons. The number of hydrogen-bond acceptors (Lipinski definition) is 4. The fourth-order valence-electron chi connectivity index (χ4n) is 1.07. The van der Waals surface area contributed by atoms with Crippen LogP contribution in [0.25, 0.3) is 0 Å². The molecule has 0 aromatic rings. The molecule has 4 heteroatoms. The van der Waals surface area contributed by atoms with E-state index in [-0.39, 0.29) is 5.97 Å². The second kappa shape index (κ2) is 7.65. The summed E-state index contributed by atoms with van der Waals surface area (Å²) in [7, 11) is 0. The lowest BCUT2D eigenvalue weighted by Crippen LogP contribution is -2.37. The zero-order chi connectivity index (χ0) is 11.7. The highest BCUT2D eigenvalue weighted by atomic mass is 16.5. The molecule has 0 saturated heterocycles. The second-order valence-electron chi connectivity index (χ2n) is 3.94. The molecule has 0 amide bonds. The molecule has 0 fully saturated rings. The van der Waals surface area contributed by atoms with E-state index in [9.17, 15) is 9.90 Å². The minimum absolute atomic E-state index is 0.151. The summed E-state index contributed by atoms with van der Waals surface area (Å²) >= 11 is 0. The second-order valence-corrected chi connectivity index (χ2v) is 3.94. The first-order chi connectivity index (χ1) is 7.02. The van der Waals surface area contributed by atoms with Gasteiger partial charge in [0, 0.05) is 13.0 Å². The van der Waals surface area contributed by atoms with Gasteiger partial charge in [-0.05, 0) is 33.2 Å². The minimum Gasteiger partial charge on any atom is -0.466 e. The highest BCUT2D eigenvalue weighted by Crippen LogP contribution is 2.05. The van der Waals surface area contributed by atoms with Crippen LogP contribution in [-0.2, 0) is 9.53 Å². The molecule has 0 bridgehead atoms. The smallest absolute Gasteiger partial charge is 0.305 e. The predicted molar refractivity (Wildman–Crippen MR) is 59.7 cm³/mol. The molecule has 1 atom stereocenters. The van der Waals surface area contributed by atoms with E-state index >= 15 is 0 Å². The molecule has 0 heterocycles. The highest BCUT2D eigenvalue weighted by Gasteiger charge is 2.15. The zero-order valence-corrected chi connectivity index (χ0v) is 10.0. The van der Waals surface area contributed by atoms with Crippen molar-refractivity contribution in [1.29, 1.82) is 0 Å². The van der Waals surface area contributed by atoms with Gasteiger partial charge in [0.15, 0.2) is 0 Å². The summed E-state index contributed by atoms with van der Waals surface area (Å²) in [5.41, 5.74) is -0.649. The van der Waals surface area contributed by atoms with Crippen LogP contribution in [0.4, 0.5) is 0 Å². The van der Waals surface area contributed by atoms with Gasteiger partial charge in [-0.25, -0.2) is 0 Å². The van der Waals surface area contributed by atoms with Gasteiger partial charge in [0.05, 0.1) is 12.2 Å². The quantitative estimate of drug-likeness (QED) is 0.472. The summed E-state index contributed by atoms with van der Waals surface area (Å²) in [4.78, 5) is 11.0. The first-order valence-corrected chi connectivity index (χ1v) is 5.60. The zero-order valence-electron chi connectivity index (χ0n) is 10.0. The molecule has 1 unspecified atom stereocenters. The van der Waals surface area contributed by atoms with E-state index in [2.05, 4.69) is 5.32 Å². The SMILES string of the molecule is CCOC(=O)CCCNCC(C)(O)CC. The number of rotatable bonds is 8. The van der Waals surface area contributed by atoms with E-state index in [1.54, 1.807) is 13.8 Å². The Hall–Kier alpha value is -0.610. The van der Waals surface area contributed by atoms with Gasteiger partial charge < -0.3 is 15.2 Å². The van der Waals surface area contributed by atoms with Crippen LogP contribution in [0.2, 0.25) is 0 Å². The number of aliphatic hydroxyl groups is 1. The van der Waals surface area contributed by atoms with E-state index in [4.69, 9.17) is 4.74 Å². The number of ether oxygens (including phenoxy) is 1. The molecule has 0 aliphatic rings. The van der Waals surface area contributed by atoms with E-state index in [0.29, 0.717) is 19.6 Å². The Morgan fingerprint density at radius 2 is 2.13 bits per heavy atom. The number of hydrogen-bond donors (Lipinski definition) is 2. The van der Waals surface area contributed by atoms with Gasteiger partial charge in [0.25, 0.3) is 0 Å². The molecule has 2 N–H and O–H groups in total. The van der Waals surface area contributed by atoms with Crippen molar-refractivity contribution >= 4 is 5.97 Å². The lowest BCUT2D eigenvalue weighted by molar-refractivity contribution is -0.143. The molecule has 0 aliphatic heterocycles. The predicted octanol–water partition coefficient (Wildman–Crippen LogP) is 1.08. The standard InChI is InChI=1S/C11H23NO3/c1-4-11(3,14)9-12-8-6-7-10(13)15-5-2/h12,14H,4-9H2,1-3H3. The van der Waals surface area contributed by atoms with Crippen molar-refractivity contribution in [2.45, 2.75) is 45.6 Å². The molecule has 0 aliphatic carbocycles. The van der Waals surface area contributed by atoms with E-state index in [1.165, 1.54) is 0 Å². The first kappa shape index (κ1) is 14.4. The largest absolute Gasteiger partial charge is 0.466 e. The summed E-state index contributed by atoms with van der Waals surface area (Å²) in [5, 5.41) is 12.8. The van der Waals surface area contributed by atoms with E-state index < -0.39 is 5.60 Å². The number of esters is 1. The van der Waals surface area contributed by atoms with Crippen molar-refractivity contribution in [3.8, 4) is 0 Å². The molecule has 0 saturated carbocycles. The summed E-state index contributed by atoms with van der Waals surface area (Å²) in [6.07, 6.45) is 1.91. The molecular formula is C11H23NO3. The third-order valence-electron chi connectivity index (χ3n) is 2.31. The van der Waals surface area contributed by atoms with Crippen molar-refractivity contribution in [3.63, 3.8) is 0 Å². The highest BCUT2D eigenvalue weighted by molar-refractivity contribution is 5.69. The average molecular weight is 217 g/mol. The summed E-state index contributed by atoms with van der Waals surface area (Å²) in [6.45, 7) is 7.28. The summed E-state index contributed by atoms with van der Waals surface area (Å²) < 4.78 is 4.79. The fourth-order valence-corrected chi connectivity index (χ4v) is 1.07. The van der Waals surface area contributed by atoms with Gasteiger partial charge in [0.2, 0.25) is 0 Å². The Kier molecular flexibility index (Phi) is 7.34. The van der Waals surface area contributed by atoms with Crippen molar-refractivity contribution in [2.75, 3.05) is 19.7 Å². The third-order valence-corrected chi connectivity index (χ3v) is 2.31. The van der Waals surface area contributed by atoms with Crippen LogP contribution < -0.4 is 5.32 Å². The van der Waals surface area contributed by atoms with Crippen molar-refractivity contribution in [3.05, 3.63) is 0 Å². The Morgan fingerprint density at radius 1 is 1.47 bits per heavy atom. The van der Waals surface area contributed by atoms with Crippen molar-refractivity contribution in [2.24, 2.45) is 0 Å². The van der Waals surface area contributed by atoms with Gasteiger partial charge in [-0.3, -0.25) is 4.79 Å². The normalized spacial score (nSPS) is 14.7. The lowest BCUT2D eigenvalue weighted by atomic mass is 10.0. The van der Waals surface area contributed by atoms with Crippen molar-refractivity contribution in [1.82, 2.24) is 5.32 Å². The Morgan fingerprint density at radius 3 is 2.67 bits per heavy atom. The van der Waals surface area contributed by atoms with Gasteiger partial charge >= 0.3 is 5.97 Å². The van der Waals surface area contributed by atoms with Gasteiger partial charge in [-0.1, -0.05) is 6.92 Å². The van der Waals surface area contributed by atoms with Crippen LogP contribution in [0.15, 0.2) is 0 Å². The monoisotopic (exact) mass is 217 g/mol. The number of nitrogens with one attached hydrogen (secondary N) is 1. The van der Waals surface area contributed by atoms with Crippen molar-refractivity contribution < 1.29 is 14.6 Å². The van der Waals surface area contributed by atoms with Crippen LogP contribution >= 0.6 is 0 Å².